The second-order valence-electron chi connectivity index (χ2n) is 8.09. The number of piperidine rings is 1. The van der Waals surface area contributed by atoms with Gasteiger partial charge in [-0.2, -0.15) is 0 Å². The van der Waals surface area contributed by atoms with E-state index in [1.807, 2.05) is 40.5 Å². The van der Waals surface area contributed by atoms with Gasteiger partial charge in [0, 0.05) is 60.6 Å². The van der Waals surface area contributed by atoms with Crippen LogP contribution in [0.25, 0.3) is 0 Å². The molecule has 0 radical (unpaired) electrons. The lowest BCUT2D eigenvalue weighted by Gasteiger charge is -2.42. The highest BCUT2D eigenvalue weighted by atomic mass is 32.1. The summed E-state index contributed by atoms with van der Waals surface area (Å²) >= 11 is 1.59. The van der Waals surface area contributed by atoms with E-state index >= 15 is 0 Å². The first kappa shape index (κ1) is 19.1. The summed E-state index contributed by atoms with van der Waals surface area (Å²) in [4.78, 5) is 37.4. The highest BCUT2D eigenvalue weighted by molar-refractivity contribution is 7.09. The van der Waals surface area contributed by atoms with Crippen LogP contribution in [0.2, 0.25) is 0 Å². The Morgan fingerprint density at radius 3 is 2.83 bits per heavy atom. The second kappa shape index (κ2) is 8.12. The van der Waals surface area contributed by atoms with E-state index in [2.05, 4.69) is 20.2 Å². The number of likely N-dealkylation sites (tertiary alicyclic amines) is 1. The molecular weight excluding hydrogens is 398 g/mol. The quantitative estimate of drug-likeness (QED) is 0.684. The van der Waals surface area contributed by atoms with Gasteiger partial charge in [0.05, 0.1) is 6.54 Å². The topological polar surface area (TPSA) is 80.1 Å². The first-order chi connectivity index (χ1) is 14.7. The number of pyridine rings is 1. The fourth-order valence-corrected chi connectivity index (χ4v) is 5.34. The number of fused-ring (bicyclic) bond motifs is 4. The van der Waals surface area contributed by atoms with Gasteiger partial charge < -0.3 is 9.88 Å². The molecule has 1 N–H and O–H groups in total. The van der Waals surface area contributed by atoms with E-state index in [9.17, 15) is 9.59 Å². The van der Waals surface area contributed by atoms with Crippen LogP contribution in [0, 0.1) is 5.92 Å². The third-order valence-corrected chi connectivity index (χ3v) is 6.82. The van der Waals surface area contributed by atoms with Crippen molar-refractivity contribution in [2.45, 2.75) is 32.0 Å². The monoisotopic (exact) mass is 421 g/mol. The number of hydrogen-bond donors (Lipinski definition) is 1. The van der Waals surface area contributed by atoms with Gasteiger partial charge in [-0.05, 0) is 35.9 Å². The van der Waals surface area contributed by atoms with Crippen molar-refractivity contribution in [3.8, 4) is 0 Å². The molecule has 5 rings (SSSR count). The van der Waals surface area contributed by atoms with Gasteiger partial charge in [-0.15, -0.1) is 11.3 Å². The van der Waals surface area contributed by atoms with Crippen LogP contribution in [0.4, 0.5) is 0 Å². The van der Waals surface area contributed by atoms with Crippen molar-refractivity contribution in [1.82, 2.24) is 24.8 Å². The molecule has 3 aromatic heterocycles. The summed E-state index contributed by atoms with van der Waals surface area (Å²) < 4.78 is 1.84. The van der Waals surface area contributed by atoms with Gasteiger partial charge in [0.1, 0.15) is 11.9 Å². The number of carbonyl (C=O) groups is 1. The first-order valence-corrected chi connectivity index (χ1v) is 11.1. The predicted octanol–water partition coefficient (Wildman–Crippen LogP) is 2.25. The maximum Gasteiger partial charge on any atom is 0.263 e. The van der Waals surface area contributed by atoms with Gasteiger partial charge in [0.25, 0.3) is 11.5 Å². The number of amides is 1. The highest BCUT2D eigenvalue weighted by Gasteiger charge is 2.35. The Hall–Kier alpha value is -2.84. The van der Waals surface area contributed by atoms with E-state index < -0.39 is 0 Å². The third kappa shape index (κ3) is 3.80. The van der Waals surface area contributed by atoms with Crippen LogP contribution in [-0.2, 0) is 19.6 Å². The minimum absolute atomic E-state index is 0.171. The standard InChI is InChI=1S/C22H23N5O2S/c28-21(25-9-18-2-1-5-30-18)19-3-4-20-17-6-15(12-27(20)22(19)29)10-26(13-17)11-16-7-23-14-24-8-16/h1-5,7-8,14-15,17H,6,9-13H2,(H,25,28)/t15-,17+/m0/s1. The van der Waals surface area contributed by atoms with E-state index in [0.29, 0.717) is 24.9 Å². The van der Waals surface area contributed by atoms with Crippen LogP contribution in [0.1, 0.15) is 38.8 Å². The molecule has 2 aliphatic rings. The molecule has 0 spiro atoms. The second-order valence-corrected chi connectivity index (χ2v) is 9.12. The molecule has 2 aliphatic heterocycles. The van der Waals surface area contributed by atoms with Gasteiger partial charge in [0.2, 0.25) is 0 Å². The van der Waals surface area contributed by atoms with Crippen LogP contribution in [0.3, 0.4) is 0 Å². The summed E-state index contributed by atoms with van der Waals surface area (Å²) in [6, 6.07) is 7.59. The van der Waals surface area contributed by atoms with Crippen LogP contribution in [0.15, 0.2) is 53.2 Å². The summed E-state index contributed by atoms with van der Waals surface area (Å²) in [6.07, 6.45) is 6.35. The van der Waals surface area contributed by atoms with Crippen molar-refractivity contribution >= 4 is 17.2 Å². The third-order valence-electron chi connectivity index (χ3n) is 5.95. The summed E-state index contributed by atoms with van der Waals surface area (Å²) in [5.41, 5.74) is 2.21. The van der Waals surface area contributed by atoms with E-state index in [0.717, 1.165) is 42.2 Å². The Morgan fingerprint density at radius 1 is 1.17 bits per heavy atom. The average Bonchev–Trinajstić information content (AvgIpc) is 3.27. The van der Waals surface area contributed by atoms with E-state index in [-0.39, 0.29) is 17.0 Å². The number of hydrogen-bond acceptors (Lipinski definition) is 6. The number of thiophene rings is 1. The lowest BCUT2D eigenvalue weighted by Crippen LogP contribution is -2.47. The van der Waals surface area contributed by atoms with Crippen molar-refractivity contribution in [2.75, 3.05) is 13.1 Å². The Bertz CT molecular complexity index is 1100. The molecule has 3 aromatic rings. The van der Waals surface area contributed by atoms with Gasteiger partial charge in [-0.25, -0.2) is 9.97 Å². The summed E-state index contributed by atoms with van der Waals surface area (Å²) in [6.45, 7) is 3.77. The van der Waals surface area contributed by atoms with E-state index in [1.165, 1.54) is 0 Å². The minimum atomic E-state index is -0.301. The SMILES string of the molecule is O=C(NCc1cccs1)c1ccc2n(c1=O)C[C@H]1C[C@@H]2CN(Cc2cncnc2)C1. The van der Waals surface area contributed by atoms with Crippen molar-refractivity contribution in [3.63, 3.8) is 0 Å². The maximum atomic E-state index is 13.1. The van der Waals surface area contributed by atoms with Crippen LogP contribution in [-0.4, -0.2) is 38.4 Å². The lowest BCUT2D eigenvalue weighted by atomic mass is 9.83. The molecule has 8 heteroatoms. The zero-order valence-electron chi connectivity index (χ0n) is 16.5. The van der Waals surface area contributed by atoms with Gasteiger partial charge >= 0.3 is 0 Å². The average molecular weight is 422 g/mol. The number of nitrogens with one attached hydrogen (secondary N) is 1. The molecule has 154 valence electrons. The van der Waals surface area contributed by atoms with Crippen molar-refractivity contribution < 1.29 is 4.79 Å². The van der Waals surface area contributed by atoms with E-state index in [4.69, 9.17) is 0 Å². The van der Waals surface area contributed by atoms with Gasteiger partial charge in [-0.3, -0.25) is 14.5 Å². The smallest absolute Gasteiger partial charge is 0.263 e. The Balaban J connectivity index is 1.33. The van der Waals surface area contributed by atoms with Crippen LogP contribution < -0.4 is 10.9 Å². The molecule has 30 heavy (non-hydrogen) atoms. The molecule has 0 aliphatic carbocycles. The fourth-order valence-electron chi connectivity index (χ4n) is 4.69. The lowest BCUT2D eigenvalue weighted by molar-refractivity contribution is 0.0944. The summed E-state index contributed by atoms with van der Waals surface area (Å²) in [5, 5.41) is 4.85. The van der Waals surface area contributed by atoms with Crippen molar-refractivity contribution in [3.05, 3.63) is 80.4 Å². The van der Waals surface area contributed by atoms with Crippen LogP contribution >= 0.6 is 11.3 Å². The number of aromatic nitrogens is 3. The number of rotatable bonds is 5. The zero-order valence-corrected chi connectivity index (χ0v) is 17.3. The van der Waals surface area contributed by atoms with Crippen molar-refractivity contribution in [2.24, 2.45) is 5.92 Å². The molecule has 2 atom stereocenters. The number of nitrogens with zero attached hydrogens (tertiary/aromatic N) is 4. The maximum absolute atomic E-state index is 13.1. The largest absolute Gasteiger partial charge is 0.347 e. The minimum Gasteiger partial charge on any atom is -0.347 e. The molecule has 1 fully saturated rings. The molecule has 7 nitrogen and oxygen atoms in total. The normalized spacial score (nSPS) is 20.5. The molecule has 2 bridgehead atoms. The molecular formula is C22H23N5O2S. The molecule has 0 aromatic carbocycles. The van der Waals surface area contributed by atoms with Crippen LogP contribution in [0.5, 0.6) is 0 Å². The van der Waals surface area contributed by atoms with E-state index in [1.54, 1.807) is 23.7 Å². The Labute approximate surface area is 178 Å². The summed E-state index contributed by atoms with van der Waals surface area (Å²) in [5.74, 6) is 0.409. The fraction of sp³-hybridized carbons (Fsp3) is 0.364. The number of carbonyl (C=O) groups excluding carboxylic acids is 1. The molecule has 0 unspecified atom stereocenters. The molecule has 0 saturated carbocycles. The Morgan fingerprint density at radius 2 is 2.03 bits per heavy atom. The Kier molecular flexibility index (Phi) is 5.18. The summed E-state index contributed by atoms with van der Waals surface area (Å²) in [7, 11) is 0. The highest BCUT2D eigenvalue weighted by Crippen LogP contribution is 2.35. The van der Waals surface area contributed by atoms with Gasteiger partial charge in [-0.1, -0.05) is 6.07 Å². The first-order valence-electron chi connectivity index (χ1n) is 10.2. The predicted molar refractivity (Wildman–Crippen MR) is 114 cm³/mol. The van der Waals surface area contributed by atoms with Crippen molar-refractivity contribution in [1.29, 1.82) is 0 Å². The molecule has 5 heterocycles. The molecule has 1 saturated heterocycles. The molecule has 1 amide bonds. The van der Waals surface area contributed by atoms with Gasteiger partial charge in [0.15, 0.2) is 0 Å². The zero-order chi connectivity index (χ0) is 20.5.